The topological polar surface area (TPSA) is 56.6 Å². The largest absolute Gasteiger partial charge is 0.444 e. The van der Waals surface area contributed by atoms with Crippen molar-refractivity contribution < 1.29 is 23.0 Å². The van der Waals surface area contributed by atoms with Gasteiger partial charge in [0, 0.05) is 24.9 Å². The number of hydrogen-bond donors (Lipinski definition) is 0. The van der Waals surface area contributed by atoms with E-state index in [4.69, 9.17) is 9.47 Å². The average Bonchev–Trinajstić information content (AvgIpc) is 3.02. The van der Waals surface area contributed by atoms with Crippen molar-refractivity contribution in [2.75, 3.05) is 19.7 Å². The smallest absolute Gasteiger partial charge is 0.410 e. The molecule has 1 aromatic heterocycles. The molecule has 2 aliphatic heterocycles. The van der Waals surface area contributed by atoms with E-state index in [1.165, 1.54) is 6.08 Å². The summed E-state index contributed by atoms with van der Waals surface area (Å²) in [6.45, 7) is 5.10. The molecule has 0 saturated carbocycles. The molecule has 1 saturated heterocycles. The highest BCUT2D eigenvalue weighted by Crippen LogP contribution is 2.36. The minimum Gasteiger partial charge on any atom is -0.444 e. The molecular weight excluding hydrogens is 344 g/mol. The van der Waals surface area contributed by atoms with Crippen molar-refractivity contribution >= 4 is 11.7 Å². The van der Waals surface area contributed by atoms with Gasteiger partial charge in [0.05, 0.1) is 12.2 Å². The van der Waals surface area contributed by atoms with Gasteiger partial charge in [-0.3, -0.25) is 4.90 Å². The van der Waals surface area contributed by atoms with Crippen LogP contribution >= 0.6 is 0 Å². The number of ether oxygens (including phenoxy) is 2. The second-order valence-corrected chi connectivity index (χ2v) is 7.69. The fourth-order valence-corrected chi connectivity index (χ4v) is 3.07. The maximum absolute atomic E-state index is 14.7. The van der Waals surface area contributed by atoms with Crippen LogP contribution in [0, 0.1) is 0 Å². The van der Waals surface area contributed by atoms with Gasteiger partial charge in [0.15, 0.2) is 0 Å². The second-order valence-electron chi connectivity index (χ2n) is 7.69. The third-order valence-electron chi connectivity index (χ3n) is 4.29. The number of carbonyl (C=O) groups excluding carboxylic acids is 1. The Hall–Kier alpha value is -1.96. The highest BCUT2D eigenvalue weighted by atomic mass is 19.3. The van der Waals surface area contributed by atoms with Crippen LogP contribution in [0.25, 0.3) is 5.57 Å². The molecule has 2 aliphatic rings. The van der Waals surface area contributed by atoms with Crippen molar-refractivity contribution in [3.05, 3.63) is 24.0 Å². The van der Waals surface area contributed by atoms with E-state index < -0.39 is 24.2 Å². The van der Waals surface area contributed by atoms with Crippen LogP contribution in [0.4, 0.5) is 13.6 Å². The number of amides is 1. The molecule has 0 aromatic carbocycles. The molecule has 3 rings (SSSR count). The molecule has 0 spiro atoms. The van der Waals surface area contributed by atoms with Gasteiger partial charge >= 0.3 is 6.09 Å². The highest BCUT2D eigenvalue weighted by Gasteiger charge is 2.43. The summed E-state index contributed by atoms with van der Waals surface area (Å²) in [6.07, 6.45) is 4.94. The summed E-state index contributed by atoms with van der Waals surface area (Å²) in [5, 5.41) is 4.29. The summed E-state index contributed by atoms with van der Waals surface area (Å²) >= 11 is 0. The van der Waals surface area contributed by atoms with E-state index in [1.807, 2.05) is 0 Å². The van der Waals surface area contributed by atoms with Crippen molar-refractivity contribution in [1.82, 2.24) is 14.7 Å². The molecule has 6 nitrogen and oxygen atoms in total. The second kappa shape index (κ2) is 6.98. The van der Waals surface area contributed by atoms with Gasteiger partial charge < -0.3 is 9.47 Å². The maximum Gasteiger partial charge on any atom is 0.410 e. The molecule has 1 atom stereocenters. The minimum absolute atomic E-state index is 0.0621. The van der Waals surface area contributed by atoms with Crippen molar-refractivity contribution in [2.24, 2.45) is 0 Å². The lowest BCUT2D eigenvalue weighted by Crippen LogP contribution is -2.46. The van der Waals surface area contributed by atoms with Crippen LogP contribution in [0.2, 0.25) is 0 Å². The number of aromatic nitrogens is 2. The first-order valence-electron chi connectivity index (χ1n) is 8.89. The van der Waals surface area contributed by atoms with Gasteiger partial charge in [0.2, 0.25) is 0 Å². The monoisotopic (exact) mass is 369 g/mol. The van der Waals surface area contributed by atoms with E-state index in [2.05, 4.69) is 5.10 Å². The Morgan fingerprint density at radius 3 is 2.77 bits per heavy atom. The van der Waals surface area contributed by atoms with Gasteiger partial charge in [-0.2, -0.15) is 13.9 Å². The SMILES string of the molecule is CC(C)(C)OC(=O)N1CC=C(c2ccn(C3CCCCO3)n2)C(F)(F)C1. The summed E-state index contributed by atoms with van der Waals surface area (Å²) in [6, 6.07) is 1.57. The first-order valence-corrected chi connectivity index (χ1v) is 8.89. The molecule has 1 aromatic rings. The van der Waals surface area contributed by atoms with Gasteiger partial charge in [-0.25, -0.2) is 9.48 Å². The predicted molar refractivity (Wildman–Crippen MR) is 91.8 cm³/mol. The molecule has 8 heteroatoms. The zero-order chi connectivity index (χ0) is 18.9. The van der Waals surface area contributed by atoms with E-state index in [0.717, 1.165) is 24.2 Å². The quantitative estimate of drug-likeness (QED) is 0.795. The number of rotatable bonds is 2. The molecule has 0 aliphatic carbocycles. The molecule has 144 valence electrons. The fourth-order valence-electron chi connectivity index (χ4n) is 3.07. The standard InChI is InChI=1S/C18H25F2N3O3/c1-17(2,3)26-16(24)22-9-7-13(18(19,20)12-22)14-8-10-23(21-14)15-6-4-5-11-25-15/h7-8,10,15H,4-6,9,11-12H2,1-3H3. The van der Waals surface area contributed by atoms with Crippen molar-refractivity contribution in [3.8, 4) is 0 Å². The fraction of sp³-hybridized carbons (Fsp3) is 0.667. The predicted octanol–water partition coefficient (Wildman–Crippen LogP) is 3.85. The molecule has 0 radical (unpaired) electrons. The summed E-state index contributed by atoms with van der Waals surface area (Å²) in [7, 11) is 0. The number of halogens is 2. The van der Waals surface area contributed by atoms with Gasteiger partial charge in [-0.15, -0.1) is 0 Å². The Balaban J connectivity index is 1.74. The van der Waals surface area contributed by atoms with Gasteiger partial charge in [-0.1, -0.05) is 6.08 Å². The van der Waals surface area contributed by atoms with Gasteiger partial charge in [0.25, 0.3) is 5.92 Å². The lowest BCUT2D eigenvalue weighted by molar-refractivity contribution is -0.0397. The lowest BCUT2D eigenvalue weighted by atomic mass is 10.0. The highest BCUT2D eigenvalue weighted by molar-refractivity contribution is 5.74. The third-order valence-corrected chi connectivity index (χ3v) is 4.29. The van der Waals surface area contributed by atoms with Crippen LogP contribution in [0.3, 0.4) is 0 Å². The van der Waals surface area contributed by atoms with Crippen molar-refractivity contribution in [2.45, 2.75) is 57.8 Å². The van der Waals surface area contributed by atoms with Gasteiger partial charge in [-0.05, 0) is 46.1 Å². The zero-order valence-electron chi connectivity index (χ0n) is 15.4. The summed E-state index contributed by atoms with van der Waals surface area (Å²) in [5.41, 5.74) is -0.672. The van der Waals surface area contributed by atoms with Crippen molar-refractivity contribution in [1.29, 1.82) is 0 Å². The van der Waals surface area contributed by atoms with Crippen LogP contribution in [0.15, 0.2) is 18.3 Å². The van der Waals surface area contributed by atoms with Crippen LogP contribution in [-0.4, -0.2) is 52.0 Å². The molecule has 0 bridgehead atoms. The van der Waals surface area contributed by atoms with Crippen LogP contribution in [-0.2, 0) is 9.47 Å². The normalized spacial score (nSPS) is 23.5. The van der Waals surface area contributed by atoms with Gasteiger partial charge in [0.1, 0.15) is 11.8 Å². The molecular formula is C18H25F2N3O3. The molecule has 1 fully saturated rings. The molecule has 26 heavy (non-hydrogen) atoms. The van der Waals surface area contributed by atoms with E-state index >= 15 is 0 Å². The Morgan fingerprint density at radius 2 is 2.15 bits per heavy atom. The molecule has 0 N–H and O–H groups in total. The minimum atomic E-state index is -3.19. The van der Waals surface area contributed by atoms with Crippen LogP contribution < -0.4 is 0 Å². The van der Waals surface area contributed by atoms with Crippen LogP contribution in [0.1, 0.15) is 52.0 Å². The summed E-state index contributed by atoms with van der Waals surface area (Å²) in [5.74, 6) is -3.19. The molecule has 3 heterocycles. The maximum atomic E-state index is 14.7. The van der Waals surface area contributed by atoms with Crippen LogP contribution in [0.5, 0.6) is 0 Å². The Bertz CT molecular complexity index is 688. The number of hydrogen-bond acceptors (Lipinski definition) is 4. The average molecular weight is 369 g/mol. The summed E-state index contributed by atoms with van der Waals surface area (Å²) < 4.78 is 41.7. The van der Waals surface area contributed by atoms with E-state index in [0.29, 0.717) is 6.61 Å². The number of carbonyl (C=O) groups is 1. The van der Waals surface area contributed by atoms with E-state index in [1.54, 1.807) is 37.7 Å². The Labute approximate surface area is 151 Å². The Kier molecular flexibility index (Phi) is 5.05. The number of alkyl halides is 2. The van der Waals surface area contributed by atoms with E-state index in [9.17, 15) is 13.6 Å². The van der Waals surface area contributed by atoms with E-state index in [-0.39, 0.29) is 24.0 Å². The zero-order valence-corrected chi connectivity index (χ0v) is 15.4. The first-order chi connectivity index (χ1) is 12.2. The van der Waals surface area contributed by atoms with Crippen molar-refractivity contribution in [3.63, 3.8) is 0 Å². The molecule has 1 amide bonds. The number of nitrogens with zero attached hydrogens (tertiary/aromatic N) is 3. The summed E-state index contributed by atoms with van der Waals surface area (Å²) in [4.78, 5) is 13.1. The Morgan fingerprint density at radius 1 is 1.38 bits per heavy atom. The first kappa shape index (κ1) is 18.8. The molecule has 1 unspecified atom stereocenters. The third kappa shape index (κ3) is 4.23. The lowest BCUT2D eigenvalue weighted by Gasteiger charge is -2.33.